The minimum atomic E-state index is -0.241. The highest BCUT2D eigenvalue weighted by molar-refractivity contribution is 7.13. The standard InChI is InChI=1S/C11H16N2O2S.ClH/c1-3-15-11(14)9-7(2)13-10(16-9)8-4-5-12-6-8;/h8,12H,3-6H2,1-2H3;1H. The third kappa shape index (κ3) is 3.18. The SMILES string of the molecule is CCOC(=O)c1sc(C2CCNC2)nc1C.Cl. The third-order valence-electron chi connectivity index (χ3n) is 2.68. The number of aryl methyl sites for hydroxylation is 1. The Morgan fingerprint density at radius 2 is 2.41 bits per heavy atom. The molecule has 17 heavy (non-hydrogen) atoms. The predicted molar refractivity (Wildman–Crippen MR) is 70.3 cm³/mol. The molecule has 6 heteroatoms. The molecule has 1 fully saturated rings. The van der Waals surface area contributed by atoms with Gasteiger partial charge in [0.25, 0.3) is 0 Å². The first-order valence-electron chi connectivity index (χ1n) is 5.57. The van der Waals surface area contributed by atoms with Crippen LogP contribution in [0.2, 0.25) is 0 Å². The second kappa shape index (κ2) is 6.33. The quantitative estimate of drug-likeness (QED) is 0.860. The van der Waals surface area contributed by atoms with Gasteiger partial charge in [-0.05, 0) is 26.8 Å². The first-order valence-corrected chi connectivity index (χ1v) is 6.39. The van der Waals surface area contributed by atoms with Crippen molar-refractivity contribution < 1.29 is 9.53 Å². The van der Waals surface area contributed by atoms with Gasteiger partial charge in [-0.1, -0.05) is 0 Å². The Bertz CT molecular complexity index is 389. The molecule has 0 aliphatic carbocycles. The molecule has 1 aliphatic heterocycles. The number of halogens is 1. The number of rotatable bonds is 3. The maximum atomic E-state index is 11.6. The average molecular weight is 277 g/mol. The number of carbonyl (C=O) groups excluding carboxylic acids is 1. The van der Waals surface area contributed by atoms with Gasteiger partial charge in [-0.25, -0.2) is 9.78 Å². The zero-order valence-corrected chi connectivity index (χ0v) is 11.6. The molecule has 2 heterocycles. The average Bonchev–Trinajstić information content (AvgIpc) is 2.86. The number of esters is 1. The molecule has 96 valence electrons. The van der Waals surface area contributed by atoms with Gasteiger partial charge in [0.1, 0.15) is 4.88 Å². The Morgan fingerprint density at radius 1 is 1.65 bits per heavy atom. The number of hydrogen-bond acceptors (Lipinski definition) is 5. The zero-order valence-electron chi connectivity index (χ0n) is 9.99. The molecular formula is C11H17ClN2O2S. The number of aromatic nitrogens is 1. The third-order valence-corrected chi connectivity index (χ3v) is 3.98. The van der Waals surface area contributed by atoms with E-state index >= 15 is 0 Å². The topological polar surface area (TPSA) is 51.2 Å². The van der Waals surface area contributed by atoms with Crippen molar-refractivity contribution in [3.8, 4) is 0 Å². The number of ether oxygens (including phenoxy) is 1. The van der Waals surface area contributed by atoms with Crippen molar-refractivity contribution in [2.24, 2.45) is 0 Å². The van der Waals surface area contributed by atoms with Gasteiger partial charge >= 0.3 is 5.97 Å². The fourth-order valence-electron chi connectivity index (χ4n) is 1.84. The lowest BCUT2D eigenvalue weighted by Gasteiger charge is -2.01. The van der Waals surface area contributed by atoms with Gasteiger partial charge in [0.05, 0.1) is 17.3 Å². The van der Waals surface area contributed by atoms with Crippen LogP contribution in [0.4, 0.5) is 0 Å². The first-order chi connectivity index (χ1) is 7.72. The monoisotopic (exact) mass is 276 g/mol. The summed E-state index contributed by atoms with van der Waals surface area (Å²) in [6, 6.07) is 0. The van der Waals surface area contributed by atoms with E-state index in [1.807, 2.05) is 13.8 Å². The van der Waals surface area contributed by atoms with Crippen LogP contribution in [0.15, 0.2) is 0 Å². The van der Waals surface area contributed by atoms with E-state index in [-0.39, 0.29) is 18.4 Å². The van der Waals surface area contributed by atoms with Crippen LogP contribution in [0.5, 0.6) is 0 Å². The zero-order chi connectivity index (χ0) is 11.5. The molecule has 1 aliphatic rings. The van der Waals surface area contributed by atoms with Gasteiger partial charge in [0.15, 0.2) is 0 Å². The largest absolute Gasteiger partial charge is 0.462 e. The van der Waals surface area contributed by atoms with E-state index < -0.39 is 0 Å². The van der Waals surface area contributed by atoms with Crippen molar-refractivity contribution in [3.63, 3.8) is 0 Å². The molecule has 1 atom stereocenters. The van der Waals surface area contributed by atoms with E-state index in [1.165, 1.54) is 11.3 Å². The van der Waals surface area contributed by atoms with Crippen LogP contribution in [0.3, 0.4) is 0 Å². The van der Waals surface area contributed by atoms with Crippen molar-refractivity contribution >= 4 is 29.7 Å². The van der Waals surface area contributed by atoms with Gasteiger partial charge in [-0.2, -0.15) is 0 Å². The second-order valence-corrected chi connectivity index (χ2v) is 4.91. The fourth-order valence-corrected chi connectivity index (χ4v) is 2.94. The summed E-state index contributed by atoms with van der Waals surface area (Å²) in [6.45, 7) is 6.11. The molecule has 1 aromatic rings. The van der Waals surface area contributed by atoms with Crippen LogP contribution >= 0.6 is 23.7 Å². The first kappa shape index (κ1) is 14.4. The van der Waals surface area contributed by atoms with E-state index in [4.69, 9.17) is 4.74 Å². The number of carbonyl (C=O) groups is 1. The summed E-state index contributed by atoms with van der Waals surface area (Å²) < 4.78 is 5.00. The van der Waals surface area contributed by atoms with Gasteiger partial charge < -0.3 is 10.1 Å². The molecule has 2 rings (SSSR count). The van der Waals surface area contributed by atoms with Crippen LogP contribution < -0.4 is 5.32 Å². The predicted octanol–water partition coefficient (Wildman–Crippen LogP) is 2.13. The van der Waals surface area contributed by atoms with Crippen LogP contribution in [0.1, 0.15) is 39.6 Å². The van der Waals surface area contributed by atoms with Crippen molar-refractivity contribution in [2.75, 3.05) is 19.7 Å². The minimum Gasteiger partial charge on any atom is -0.462 e. The van der Waals surface area contributed by atoms with Crippen molar-refractivity contribution in [2.45, 2.75) is 26.2 Å². The van der Waals surface area contributed by atoms with E-state index in [0.29, 0.717) is 17.4 Å². The summed E-state index contributed by atoms with van der Waals surface area (Å²) in [6.07, 6.45) is 1.11. The maximum Gasteiger partial charge on any atom is 0.350 e. The molecule has 0 saturated carbocycles. The summed E-state index contributed by atoms with van der Waals surface area (Å²) >= 11 is 1.48. The molecule has 4 nitrogen and oxygen atoms in total. The summed E-state index contributed by atoms with van der Waals surface area (Å²) in [5, 5.41) is 4.37. The normalized spacial score (nSPS) is 18.8. The molecule has 1 saturated heterocycles. The Hall–Kier alpha value is -0.650. The summed E-state index contributed by atoms with van der Waals surface area (Å²) in [5.74, 6) is 0.224. The lowest BCUT2D eigenvalue weighted by atomic mass is 10.1. The molecular weight excluding hydrogens is 260 g/mol. The Morgan fingerprint density at radius 3 is 3.00 bits per heavy atom. The maximum absolute atomic E-state index is 11.6. The van der Waals surface area contributed by atoms with Crippen LogP contribution in [-0.2, 0) is 4.74 Å². The van der Waals surface area contributed by atoms with E-state index in [1.54, 1.807) is 0 Å². The Balaban J connectivity index is 0.00000144. The van der Waals surface area contributed by atoms with Gasteiger partial charge in [0, 0.05) is 12.5 Å². The molecule has 0 spiro atoms. The van der Waals surface area contributed by atoms with E-state index in [2.05, 4.69) is 10.3 Å². The van der Waals surface area contributed by atoms with Crippen LogP contribution in [-0.4, -0.2) is 30.6 Å². The number of thiazole rings is 1. The van der Waals surface area contributed by atoms with Gasteiger partial charge in [-0.3, -0.25) is 0 Å². The molecule has 1 aromatic heterocycles. The highest BCUT2D eigenvalue weighted by Crippen LogP contribution is 2.29. The molecule has 1 N–H and O–H groups in total. The summed E-state index contributed by atoms with van der Waals surface area (Å²) in [5.41, 5.74) is 0.797. The lowest BCUT2D eigenvalue weighted by Crippen LogP contribution is -2.07. The summed E-state index contributed by atoms with van der Waals surface area (Å²) in [7, 11) is 0. The van der Waals surface area contributed by atoms with Crippen LogP contribution in [0.25, 0.3) is 0 Å². The van der Waals surface area contributed by atoms with E-state index in [9.17, 15) is 4.79 Å². The Labute approximate surface area is 111 Å². The molecule has 0 aromatic carbocycles. The second-order valence-electron chi connectivity index (χ2n) is 3.88. The Kier molecular flexibility index (Phi) is 5.36. The minimum absolute atomic E-state index is 0. The number of nitrogens with one attached hydrogen (secondary N) is 1. The van der Waals surface area contributed by atoms with E-state index in [0.717, 1.165) is 30.2 Å². The van der Waals surface area contributed by atoms with Crippen LogP contribution in [0, 0.1) is 6.92 Å². The number of hydrogen-bond donors (Lipinski definition) is 1. The molecule has 0 amide bonds. The number of nitrogens with zero attached hydrogens (tertiary/aromatic N) is 1. The highest BCUT2D eigenvalue weighted by atomic mass is 35.5. The van der Waals surface area contributed by atoms with Crippen molar-refractivity contribution in [3.05, 3.63) is 15.6 Å². The van der Waals surface area contributed by atoms with Gasteiger partial charge in [-0.15, -0.1) is 23.7 Å². The molecule has 1 unspecified atom stereocenters. The lowest BCUT2D eigenvalue weighted by molar-refractivity contribution is 0.0531. The van der Waals surface area contributed by atoms with Crippen molar-refractivity contribution in [1.82, 2.24) is 10.3 Å². The highest BCUT2D eigenvalue weighted by Gasteiger charge is 2.23. The molecule has 0 bridgehead atoms. The summed E-state index contributed by atoms with van der Waals surface area (Å²) in [4.78, 5) is 16.8. The van der Waals surface area contributed by atoms with Gasteiger partial charge in [0.2, 0.25) is 0 Å². The van der Waals surface area contributed by atoms with Crippen molar-refractivity contribution in [1.29, 1.82) is 0 Å². The molecule has 0 radical (unpaired) electrons. The fraction of sp³-hybridized carbons (Fsp3) is 0.636. The smallest absolute Gasteiger partial charge is 0.350 e.